The first-order chi connectivity index (χ1) is 8.63. The Bertz CT molecular complexity index is 690. The molecule has 102 valence electrons. The van der Waals surface area contributed by atoms with Gasteiger partial charge in [0.05, 0.1) is 0 Å². The van der Waals surface area contributed by atoms with Crippen LogP contribution >= 0.6 is 0 Å². The molecule has 0 spiro atoms. The van der Waals surface area contributed by atoms with Gasteiger partial charge in [-0.25, -0.2) is 4.98 Å². The van der Waals surface area contributed by atoms with Gasteiger partial charge in [-0.05, 0) is 19.1 Å². The second-order valence-electron chi connectivity index (χ2n) is 3.97. The van der Waals surface area contributed by atoms with Crippen LogP contribution in [0.4, 0.5) is 22.0 Å². The Balaban J connectivity index is 2.84. The lowest BCUT2D eigenvalue weighted by Gasteiger charge is -2.21. The number of nitrogens with one attached hydrogen (secondary N) is 1. The SMILES string of the molecule is Cc1cc(C(F)(F)C(F)(F)F)c2ccc(=O)[nH]c2n1. The molecule has 0 radical (unpaired) electrons. The number of aromatic nitrogens is 2. The number of H-pyrrole nitrogens is 1. The van der Waals surface area contributed by atoms with Crippen LogP contribution in [0.15, 0.2) is 23.0 Å². The van der Waals surface area contributed by atoms with E-state index >= 15 is 0 Å². The maximum Gasteiger partial charge on any atom is 0.458 e. The number of fused-ring (bicyclic) bond motifs is 1. The molecule has 2 rings (SSSR count). The minimum atomic E-state index is -5.72. The Morgan fingerprint density at radius 3 is 2.37 bits per heavy atom. The fourth-order valence-corrected chi connectivity index (χ4v) is 1.68. The second-order valence-corrected chi connectivity index (χ2v) is 3.97. The molecule has 0 fully saturated rings. The van der Waals surface area contributed by atoms with E-state index in [1.165, 1.54) is 6.92 Å². The number of alkyl halides is 5. The van der Waals surface area contributed by atoms with Crippen LogP contribution in [0.5, 0.6) is 0 Å². The van der Waals surface area contributed by atoms with Crippen molar-refractivity contribution in [1.82, 2.24) is 9.97 Å². The van der Waals surface area contributed by atoms with Gasteiger partial charge in [-0.2, -0.15) is 22.0 Å². The van der Waals surface area contributed by atoms with E-state index in [9.17, 15) is 26.7 Å². The maximum absolute atomic E-state index is 13.4. The highest BCUT2D eigenvalue weighted by atomic mass is 19.4. The van der Waals surface area contributed by atoms with Gasteiger partial charge in [0.25, 0.3) is 0 Å². The molecule has 1 N–H and O–H groups in total. The van der Waals surface area contributed by atoms with E-state index in [-0.39, 0.29) is 11.3 Å². The van der Waals surface area contributed by atoms with Crippen molar-refractivity contribution in [1.29, 1.82) is 0 Å². The van der Waals surface area contributed by atoms with Crippen molar-refractivity contribution in [2.75, 3.05) is 0 Å². The number of hydrogen-bond donors (Lipinski definition) is 1. The molecule has 0 bridgehead atoms. The smallest absolute Gasteiger partial charge is 0.307 e. The van der Waals surface area contributed by atoms with Gasteiger partial charge in [0.15, 0.2) is 0 Å². The Kier molecular flexibility index (Phi) is 2.83. The third kappa shape index (κ3) is 2.18. The molecule has 0 unspecified atom stereocenters. The van der Waals surface area contributed by atoms with E-state index in [1.54, 1.807) is 0 Å². The van der Waals surface area contributed by atoms with Crippen molar-refractivity contribution in [3.8, 4) is 0 Å². The minimum absolute atomic E-state index is 0.0479. The van der Waals surface area contributed by atoms with Gasteiger partial charge in [0.1, 0.15) is 5.65 Å². The maximum atomic E-state index is 13.4. The van der Waals surface area contributed by atoms with Crippen LogP contribution in [0.2, 0.25) is 0 Å². The number of aryl methyl sites for hydroxylation is 1. The van der Waals surface area contributed by atoms with Gasteiger partial charge >= 0.3 is 12.1 Å². The molecule has 3 nitrogen and oxygen atoms in total. The molecule has 0 saturated carbocycles. The molecule has 2 aromatic rings. The van der Waals surface area contributed by atoms with Gasteiger partial charge in [-0.3, -0.25) is 4.79 Å². The van der Waals surface area contributed by atoms with E-state index < -0.39 is 28.6 Å². The molecule has 0 amide bonds. The molecule has 19 heavy (non-hydrogen) atoms. The first-order valence-electron chi connectivity index (χ1n) is 5.08. The third-order valence-corrected chi connectivity index (χ3v) is 2.52. The van der Waals surface area contributed by atoms with Crippen LogP contribution in [0.25, 0.3) is 11.0 Å². The number of hydrogen-bond acceptors (Lipinski definition) is 2. The predicted octanol–water partition coefficient (Wildman–Crippen LogP) is 2.89. The average Bonchev–Trinajstić information content (AvgIpc) is 2.25. The Morgan fingerprint density at radius 2 is 1.79 bits per heavy atom. The Morgan fingerprint density at radius 1 is 1.16 bits per heavy atom. The van der Waals surface area contributed by atoms with E-state index in [0.717, 1.165) is 12.1 Å². The summed E-state index contributed by atoms with van der Waals surface area (Å²) in [5.74, 6) is -5.02. The van der Waals surface area contributed by atoms with Crippen LogP contribution in [-0.4, -0.2) is 16.1 Å². The summed E-state index contributed by atoms with van der Waals surface area (Å²) in [5, 5.41) is -0.437. The van der Waals surface area contributed by atoms with Gasteiger partial charge in [-0.1, -0.05) is 0 Å². The zero-order chi connectivity index (χ0) is 14.4. The van der Waals surface area contributed by atoms with E-state index in [0.29, 0.717) is 6.07 Å². The second kappa shape index (κ2) is 4.01. The van der Waals surface area contributed by atoms with Crippen LogP contribution in [-0.2, 0) is 5.92 Å². The summed E-state index contributed by atoms with van der Waals surface area (Å²) in [6, 6.07) is 2.43. The zero-order valence-electron chi connectivity index (χ0n) is 9.48. The van der Waals surface area contributed by atoms with Crippen molar-refractivity contribution in [3.05, 3.63) is 39.8 Å². The van der Waals surface area contributed by atoms with Crippen LogP contribution in [0.1, 0.15) is 11.3 Å². The molecular weight excluding hydrogens is 271 g/mol. The monoisotopic (exact) mass is 278 g/mol. The molecule has 0 aromatic carbocycles. The molecule has 8 heteroatoms. The number of halogens is 5. The quantitative estimate of drug-likeness (QED) is 0.815. The number of rotatable bonds is 1. The highest BCUT2D eigenvalue weighted by Gasteiger charge is 2.59. The molecule has 2 aromatic heterocycles. The van der Waals surface area contributed by atoms with Gasteiger partial charge in [0, 0.05) is 22.7 Å². The van der Waals surface area contributed by atoms with Gasteiger partial charge in [-0.15, -0.1) is 0 Å². The van der Waals surface area contributed by atoms with Gasteiger partial charge in [0.2, 0.25) is 5.56 Å². The van der Waals surface area contributed by atoms with Crippen molar-refractivity contribution in [3.63, 3.8) is 0 Å². The molecule has 0 aliphatic rings. The summed E-state index contributed by atoms with van der Waals surface area (Å²) >= 11 is 0. The topological polar surface area (TPSA) is 45.8 Å². The summed E-state index contributed by atoms with van der Waals surface area (Å²) in [5.41, 5.74) is -2.20. The molecule has 0 aliphatic carbocycles. The Labute approximate surface area is 103 Å². The summed E-state index contributed by atoms with van der Waals surface area (Å²) in [4.78, 5) is 16.9. The number of pyridine rings is 2. The number of aromatic amines is 1. The molecule has 0 atom stereocenters. The van der Waals surface area contributed by atoms with Crippen LogP contribution < -0.4 is 5.56 Å². The lowest BCUT2D eigenvalue weighted by Crippen LogP contribution is -2.34. The lowest BCUT2D eigenvalue weighted by atomic mass is 10.0. The first-order valence-corrected chi connectivity index (χ1v) is 5.08. The van der Waals surface area contributed by atoms with Crippen molar-refractivity contribution >= 4 is 11.0 Å². The first kappa shape index (κ1) is 13.4. The summed E-state index contributed by atoms with van der Waals surface area (Å²) in [6.45, 7) is 1.26. The largest absolute Gasteiger partial charge is 0.458 e. The van der Waals surface area contributed by atoms with Crippen molar-refractivity contribution in [2.45, 2.75) is 19.0 Å². The fourth-order valence-electron chi connectivity index (χ4n) is 1.68. The fraction of sp³-hybridized carbons (Fsp3) is 0.273. The van der Waals surface area contributed by atoms with Crippen molar-refractivity contribution < 1.29 is 22.0 Å². The lowest BCUT2D eigenvalue weighted by molar-refractivity contribution is -0.288. The third-order valence-electron chi connectivity index (χ3n) is 2.52. The standard InChI is InChI=1S/C11H7F5N2O/c1-5-4-7(10(12,13)11(14,15)16)6-2-3-8(19)18-9(6)17-5/h2-4H,1H3,(H,17,18,19). The van der Waals surface area contributed by atoms with Crippen LogP contribution in [0, 0.1) is 6.92 Å². The normalized spacial score (nSPS) is 12.9. The molecule has 2 heterocycles. The summed E-state index contributed by atoms with van der Waals surface area (Å²) < 4.78 is 64.1. The number of nitrogens with zero attached hydrogens (tertiary/aromatic N) is 1. The van der Waals surface area contributed by atoms with Gasteiger partial charge < -0.3 is 4.98 Å². The highest BCUT2D eigenvalue weighted by molar-refractivity contribution is 5.79. The zero-order valence-corrected chi connectivity index (χ0v) is 9.48. The van der Waals surface area contributed by atoms with E-state index in [1.807, 2.05) is 0 Å². The highest BCUT2D eigenvalue weighted by Crippen LogP contribution is 2.45. The molecular formula is C11H7F5N2O. The minimum Gasteiger partial charge on any atom is -0.307 e. The van der Waals surface area contributed by atoms with Crippen molar-refractivity contribution in [2.24, 2.45) is 0 Å². The van der Waals surface area contributed by atoms with E-state index in [4.69, 9.17) is 0 Å². The predicted molar refractivity (Wildman–Crippen MR) is 57.0 cm³/mol. The molecule has 0 aliphatic heterocycles. The Hall–Kier alpha value is -1.99. The summed E-state index contributed by atoms with van der Waals surface area (Å²) in [7, 11) is 0. The molecule has 0 saturated heterocycles. The van der Waals surface area contributed by atoms with Crippen LogP contribution in [0.3, 0.4) is 0 Å². The van der Waals surface area contributed by atoms with E-state index in [2.05, 4.69) is 9.97 Å². The summed E-state index contributed by atoms with van der Waals surface area (Å²) in [6.07, 6.45) is -5.72. The average molecular weight is 278 g/mol.